The van der Waals surface area contributed by atoms with Crippen molar-refractivity contribution in [1.82, 2.24) is 10.2 Å². The van der Waals surface area contributed by atoms with Crippen LogP contribution in [0.4, 0.5) is 0 Å². The summed E-state index contributed by atoms with van der Waals surface area (Å²) in [5.41, 5.74) is 5.33. The van der Waals surface area contributed by atoms with Crippen molar-refractivity contribution < 1.29 is 4.79 Å². The van der Waals surface area contributed by atoms with Crippen molar-refractivity contribution in [2.45, 2.75) is 65.5 Å². The fourth-order valence-electron chi connectivity index (χ4n) is 3.40. The Labute approximate surface area is 136 Å². The molecular formula is C16H34ClN3O. The molecule has 3 N–H and O–H groups in total. The lowest BCUT2D eigenvalue weighted by Gasteiger charge is -2.37. The summed E-state index contributed by atoms with van der Waals surface area (Å²) in [5, 5.41) is 3.08. The second-order valence-corrected chi connectivity index (χ2v) is 7.21. The Morgan fingerprint density at radius 2 is 1.90 bits per heavy atom. The molecule has 1 amide bonds. The van der Waals surface area contributed by atoms with Crippen LogP contribution in [0.2, 0.25) is 0 Å². The number of piperidine rings is 1. The van der Waals surface area contributed by atoms with Crippen LogP contribution in [0.25, 0.3) is 0 Å². The van der Waals surface area contributed by atoms with E-state index in [1.165, 1.54) is 6.42 Å². The van der Waals surface area contributed by atoms with E-state index in [4.69, 9.17) is 5.73 Å². The molecule has 1 aliphatic heterocycles. The molecule has 4 atom stereocenters. The highest BCUT2D eigenvalue weighted by Crippen LogP contribution is 2.21. The van der Waals surface area contributed by atoms with E-state index in [2.05, 4.69) is 37.9 Å². The smallest absolute Gasteiger partial charge is 0.240 e. The van der Waals surface area contributed by atoms with Crippen LogP contribution in [-0.2, 0) is 4.79 Å². The first-order valence-corrected chi connectivity index (χ1v) is 8.06. The van der Waals surface area contributed by atoms with Gasteiger partial charge in [0, 0.05) is 25.7 Å². The minimum atomic E-state index is -0.745. The Kier molecular flexibility index (Phi) is 8.83. The summed E-state index contributed by atoms with van der Waals surface area (Å²) in [4.78, 5) is 14.7. The predicted molar refractivity (Wildman–Crippen MR) is 91.7 cm³/mol. The Bertz CT molecular complexity index is 313. The van der Waals surface area contributed by atoms with Crippen LogP contribution in [0, 0.1) is 11.8 Å². The van der Waals surface area contributed by atoms with Gasteiger partial charge in [0.15, 0.2) is 0 Å². The number of likely N-dealkylation sites (tertiary alicyclic amines) is 1. The maximum absolute atomic E-state index is 12.2. The fraction of sp³-hybridized carbons (Fsp3) is 0.938. The van der Waals surface area contributed by atoms with E-state index in [0.29, 0.717) is 0 Å². The highest BCUT2D eigenvalue weighted by Gasteiger charge is 2.29. The second kappa shape index (κ2) is 8.96. The average molecular weight is 320 g/mol. The van der Waals surface area contributed by atoms with E-state index in [0.717, 1.165) is 44.3 Å². The zero-order chi connectivity index (χ0) is 15.3. The highest BCUT2D eigenvalue weighted by molar-refractivity contribution is 5.86. The summed E-state index contributed by atoms with van der Waals surface area (Å²) in [6, 6.07) is 0.153. The van der Waals surface area contributed by atoms with Crippen molar-refractivity contribution in [3.8, 4) is 0 Å². The minimum absolute atomic E-state index is 0. The highest BCUT2D eigenvalue weighted by atomic mass is 35.5. The Morgan fingerprint density at radius 1 is 1.38 bits per heavy atom. The first-order chi connectivity index (χ1) is 9.24. The maximum Gasteiger partial charge on any atom is 0.240 e. The third-order valence-electron chi connectivity index (χ3n) is 4.14. The number of nitrogens with two attached hydrogens (primary N) is 1. The van der Waals surface area contributed by atoms with E-state index in [1.54, 1.807) is 0 Å². The topological polar surface area (TPSA) is 58.4 Å². The molecule has 4 nitrogen and oxygen atoms in total. The van der Waals surface area contributed by atoms with Crippen molar-refractivity contribution in [3.05, 3.63) is 0 Å². The van der Waals surface area contributed by atoms with Gasteiger partial charge in [-0.05, 0) is 38.5 Å². The molecule has 0 bridgehead atoms. The van der Waals surface area contributed by atoms with E-state index in [9.17, 15) is 4.79 Å². The van der Waals surface area contributed by atoms with Gasteiger partial charge in [-0.3, -0.25) is 4.79 Å². The number of carbonyl (C=O) groups excluding carboxylic acids is 1. The molecule has 1 saturated heterocycles. The van der Waals surface area contributed by atoms with Crippen LogP contribution in [-0.4, -0.2) is 42.0 Å². The van der Waals surface area contributed by atoms with Crippen LogP contribution in [0.5, 0.6) is 0 Å². The zero-order valence-corrected chi connectivity index (χ0v) is 15.1. The first kappa shape index (κ1) is 20.7. The number of halogens is 1. The van der Waals surface area contributed by atoms with Gasteiger partial charge in [-0.1, -0.05) is 27.2 Å². The van der Waals surface area contributed by atoms with Gasteiger partial charge >= 0.3 is 0 Å². The maximum atomic E-state index is 12.2. The molecule has 0 aromatic rings. The second-order valence-electron chi connectivity index (χ2n) is 7.21. The van der Waals surface area contributed by atoms with E-state index in [-0.39, 0.29) is 24.4 Å². The van der Waals surface area contributed by atoms with Crippen molar-refractivity contribution >= 4 is 18.3 Å². The van der Waals surface area contributed by atoms with Crippen LogP contribution in [0.15, 0.2) is 0 Å². The molecule has 4 unspecified atom stereocenters. The predicted octanol–water partition coefficient (Wildman–Crippen LogP) is 2.41. The van der Waals surface area contributed by atoms with Crippen molar-refractivity contribution in [3.63, 3.8) is 0 Å². The standard InChI is InChI=1S/C16H33N3O.ClH/c1-6-7-16(5,17)15(20)18-14(4)11-19-9-12(2)8-13(3)10-19;/h12-14H,6-11,17H2,1-5H3,(H,18,20);1H. The number of rotatable bonds is 6. The van der Waals surface area contributed by atoms with Gasteiger partial charge in [-0.25, -0.2) is 0 Å². The lowest BCUT2D eigenvalue weighted by molar-refractivity contribution is -0.126. The van der Waals surface area contributed by atoms with Gasteiger partial charge in [0.2, 0.25) is 5.91 Å². The molecular weight excluding hydrogens is 286 g/mol. The molecule has 0 aromatic carbocycles. The lowest BCUT2D eigenvalue weighted by Crippen LogP contribution is -2.56. The Balaban J connectivity index is 0.00000400. The molecule has 1 aliphatic rings. The summed E-state index contributed by atoms with van der Waals surface area (Å²) in [6.45, 7) is 13.8. The van der Waals surface area contributed by atoms with Crippen LogP contribution in [0.1, 0.15) is 53.9 Å². The van der Waals surface area contributed by atoms with Crippen LogP contribution < -0.4 is 11.1 Å². The van der Waals surface area contributed by atoms with E-state index >= 15 is 0 Å². The molecule has 0 spiro atoms. The van der Waals surface area contributed by atoms with E-state index in [1.807, 2.05) is 6.92 Å². The lowest BCUT2D eigenvalue weighted by atomic mass is 9.91. The summed E-state index contributed by atoms with van der Waals surface area (Å²) in [7, 11) is 0. The summed E-state index contributed by atoms with van der Waals surface area (Å²) >= 11 is 0. The third-order valence-corrected chi connectivity index (χ3v) is 4.14. The summed E-state index contributed by atoms with van der Waals surface area (Å²) in [6.07, 6.45) is 2.97. The Morgan fingerprint density at radius 3 is 2.38 bits per heavy atom. The summed E-state index contributed by atoms with van der Waals surface area (Å²) in [5.74, 6) is 1.48. The van der Waals surface area contributed by atoms with Crippen LogP contribution >= 0.6 is 12.4 Å². The average Bonchev–Trinajstić information content (AvgIpc) is 2.26. The van der Waals surface area contributed by atoms with Gasteiger partial charge in [0.05, 0.1) is 5.54 Å². The monoisotopic (exact) mass is 319 g/mol. The van der Waals surface area contributed by atoms with Gasteiger partial charge in [-0.15, -0.1) is 12.4 Å². The zero-order valence-electron chi connectivity index (χ0n) is 14.3. The fourth-order valence-corrected chi connectivity index (χ4v) is 3.40. The minimum Gasteiger partial charge on any atom is -0.351 e. The van der Waals surface area contributed by atoms with E-state index < -0.39 is 5.54 Å². The number of nitrogens with one attached hydrogen (secondary N) is 1. The third kappa shape index (κ3) is 6.98. The van der Waals surface area contributed by atoms with Gasteiger partial charge in [-0.2, -0.15) is 0 Å². The number of hydrogen-bond acceptors (Lipinski definition) is 3. The largest absolute Gasteiger partial charge is 0.351 e. The molecule has 0 aliphatic carbocycles. The normalized spacial score (nSPS) is 27.3. The molecule has 126 valence electrons. The number of hydrogen-bond donors (Lipinski definition) is 2. The first-order valence-electron chi connectivity index (χ1n) is 8.06. The number of carbonyl (C=O) groups is 1. The Hall–Kier alpha value is -0.320. The molecule has 1 rings (SSSR count). The van der Waals surface area contributed by atoms with Gasteiger partial charge in [0.1, 0.15) is 0 Å². The molecule has 21 heavy (non-hydrogen) atoms. The number of amides is 1. The summed E-state index contributed by atoms with van der Waals surface area (Å²) < 4.78 is 0. The van der Waals surface area contributed by atoms with Crippen molar-refractivity contribution in [1.29, 1.82) is 0 Å². The SMILES string of the molecule is CCCC(C)(N)C(=O)NC(C)CN1CC(C)CC(C)C1.Cl. The molecule has 0 saturated carbocycles. The molecule has 0 aromatic heterocycles. The molecule has 0 radical (unpaired) electrons. The number of nitrogens with zero attached hydrogens (tertiary/aromatic N) is 1. The van der Waals surface area contributed by atoms with Crippen molar-refractivity contribution in [2.24, 2.45) is 17.6 Å². The van der Waals surface area contributed by atoms with Gasteiger partial charge < -0.3 is 16.0 Å². The quantitative estimate of drug-likeness (QED) is 0.790. The molecule has 5 heteroatoms. The van der Waals surface area contributed by atoms with Crippen LogP contribution in [0.3, 0.4) is 0 Å². The van der Waals surface area contributed by atoms with Crippen molar-refractivity contribution in [2.75, 3.05) is 19.6 Å². The molecule has 1 fully saturated rings. The van der Waals surface area contributed by atoms with Gasteiger partial charge in [0.25, 0.3) is 0 Å². The molecule has 1 heterocycles.